The summed E-state index contributed by atoms with van der Waals surface area (Å²) in [5.74, 6) is 0.478. The minimum absolute atomic E-state index is 0.0200. The number of carbonyl (C=O) groups is 3. The molecule has 186 valence electrons. The summed E-state index contributed by atoms with van der Waals surface area (Å²) in [7, 11) is 1.68. The maximum absolute atomic E-state index is 13.4. The fourth-order valence-electron chi connectivity index (χ4n) is 5.26. The predicted octanol–water partition coefficient (Wildman–Crippen LogP) is 3.67. The summed E-state index contributed by atoms with van der Waals surface area (Å²) in [5, 5.41) is 2.85. The standard InChI is InChI=1S/C28H35N3O4/c1-21-9-3-4-10-22(21)25(32)30-16-8-7-13-28(27(34)29-2)14-17-31(18-15-28)26(33)23-11-5-6-12-24(23)35-20-19-30/h3-6,9-12H,7-8,13-20H2,1-2H3,(H,29,34). The number of nitrogens with zero attached hydrogens (tertiary/aromatic N) is 2. The van der Waals surface area contributed by atoms with Crippen LogP contribution in [0.25, 0.3) is 0 Å². The van der Waals surface area contributed by atoms with E-state index in [1.165, 1.54) is 0 Å². The van der Waals surface area contributed by atoms with Gasteiger partial charge in [0.1, 0.15) is 12.4 Å². The van der Waals surface area contributed by atoms with Crippen LogP contribution in [0.3, 0.4) is 0 Å². The van der Waals surface area contributed by atoms with E-state index in [9.17, 15) is 14.4 Å². The molecule has 1 N–H and O–H groups in total. The molecule has 3 aliphatic rings. The van der Waals surface area contributed by atoms with Crippen LogP contribution < -0.4 is 10.1 Å². The highest BCUT2D eigenvalue weighted by Gasteiger charge is 2.41. The molecule has 7 nitrogen and oxygen atoms in total. The van der Waals surface area contributed by atoms with Crippen molar-refractivity contribution in [2.75, 3.05) is 39.8 Å². The molecule has 1 fully saturated rings. The Labute approximate surface area is 207 Å². The first kappa shape index (κ1) is 24.8. The van der Waals surface area contributed by atoms with Crippen molar-refractivity contribution in [2.24, 2.45) is 5.41 Å². The second-order valence-corrected chi connectivity index (χ2v) is 9.56. The van der Waals surface area contributed by atoms with Crippen LogP contribution in [0.4, 0.5) is 0 Å². The Morgan fingerprint density at radius 3 is 2.37 bits per heavy atom. The highest BCUT2D eigenvalue weighted by Crippen LogP contribution is 2.38. The first-order valence-electron chi connectivity index (χ1n) is 12.5. The predicted molar refractivity (Wildman–Crippen MR) is 135 cm³/mol. The normalized spacial score (nSPS) is 18.6. The van der Waals surface area contributed by atoms with E-state index >= 15 is 0 Å². The van der Waals surface area contributed by atoms with Crippen LogP contribution in [-0.2, 0) is 4.79 Å². The third-order valence-electron chi connectivity index (χ3n) is 7.45. The molecule has 7 heteroatoms. The fraction of sp³-hybridized carbons (Fsp3) is 0.464. The van der Waals surface area contributed by atoms with Crippen molar-refractivity contribution in [1.29, 1.82) is 0 Å². The Balaban J connectivity index is 1.61. The number of aryl methyl sites for hydroxylation is 1. The molecule has 0 saturated carbocycles. The molecule has 0 spiro atoms. The van der Waals surface area contributed by atoms with Crippen molar-refractivity contribution in [1.82, 2.24) is 15.1 Å². The highest BCUT2D eigenvalue weighted by molar-refractivity contribution is 5.97. The van der Waals surface area contributed by atoms with Gasteiger partial charge in [0, 0.05) is 32.2 Å². The molecule has 0 radical (unpaired) electrons. The van der Waals surface area contributed by atoms with Crippen LogP contribution in [0.5, 0.6) is 5.75 Å². The van der Waals surface area contributed by atoms with Gasteiger partial charge in [-0.25, -0.2) is 0 Å². The Morgan fingerprint density at radius 1 is 0.914 bits per heavy atom. The molecule has 2 aromatic rings. The van der Waals surface area contributed by atoms with Crippen molar-refractivity contribution in [3.05, 3.63) is 65.2 Å². The van der Waals surface area contributed by atoms with Gasteiger partial charge in [0.05, 0.1) is 17.5 Å². The maximum Gasteiger partial charge on any atom is 0.257 e. The third kappa shape index (κ3) is 5.34. The van der Waals surface area contributed by atoms with Gasteiger partial charge in [-0.15, -0.1) is 0 Å². The Hall–Kier alpha value is -3.35. The molecule has 35 heavy (non-hydrogen) atoms. The van der Waals surface area contributed by atoms with Gasteiger partial charge in [-0.1, -0.05) is 36.8 Å². The Morgan fingerprint density at radius 2 is 1.63 bits per heavy atom. The lowest BCUT2D eigenvalue weighted by Crippen LogP contribution is -2.49. The van der Waals surface area contributed by atoms with E-state index in [0.717, 1.165) is 24.8 Å². The molecule has 2 aromatic carbocycles. The van der Waals surface area contributed by atoms with Crippen LogP contribution in [0.1, 0.15) is 58.4 Å². The molecule has 1 saturated heterocycles. The molecule has 0 unspecified atom stereocenters. The number of hydrogen-bond donors (Lipinski definition) is 1. The lowest BCUT2D eigenvalue weighted by Gasteiger charge is -2.40. The van der Waals surface area contributed by atoms with Crippen LogP contribution in [0.2, 0.25) is 0 Å². The number of hydrogen-bond acceptors (Lipinski definition) is 4. The van der Waals surface area contributed by atoms with Gasteiger partial charge in [-0.2, -0.15) is 0 Å². The van der Waals surface area contributed by atoms with Gasteiger partial charge in [0.25, 0.3) is 11.8 Å². The second-order valence-electron chi connectivity index (χ2n) is 9.56. The molecule has 0 atom stereocenters. The summed E-state index contributed by atoms with van der Waals surface area (Å²) in [6.07, 6.45) is 3.64. The molecule has 0 aliphatic carbocycles. The monoisotopic (exact) mass is 477 g/mol. The average Bonchev–Trinajstić information content (AvgIpc) is 2.90. The van der Waals surface area contributed by atoms with Crippen molar-refractivity contribution in [3.8, 4) is 5.75 Å². The van der Waals surface area contributed by atoms with Crippen molar-refractivity contribution < 1.29 is 19.1 Å². The first-order chi connectivity index (χ1) is 16.9. The summed E-state index contributed by atoms with van der Waals surface area (Å²) in [5.41, 5.74) is 1.67. The number of carbonyl (C=O) groups excluding carboxylic acids is 3. The quantitative estimate of drug-likeness (QED) is 0.716. The van der Waals surface area contributed by atoms with Gasteiger partial charge in [-0.05, 0) is 56.4 Å². The fourth-order valence-corrected chi connectivity index (χ4v) is 5.26. The average molecular weight is 478 g/mol. The zero-order valence-corrected chi connectivity index (χ0v) is 20.7. The van der Waals surface area contributed by atoms with Gasteiger partial charge >= 0.3 is 0 Å². The molecule has 5 rings (SSSR count). The van der Waals surface area contributed by atoms with E-state index in [4.69, 9.17) is 4.74 Å². The van der Waals surface area contributed by atoms with Gasteiger partial charge in [0.15, 0.2) is 0 Å². The summed E-state index contributed by atoms with van der Waals surface area (Å²) in [4.78, 5) is 43.3. The first-order valence-corrected chi connectivity index (χ1v) is 12.5. The minimum atomic E-state index is -0.480. The Kier molecular flexibility index (Phi) is 7.73. The van der Waals surface area contributed by atoms with E-state index in [1.54, 1.807) is 19.2 Å². The van der Waals surface area contributed by atoms with E-state index in [-0.39, 0.29) is 17.7 Å². The largest absolute Gasteiger partial charge is 0.491 e. The van der Waals surface area contributed by atoms with Crippen molar-refractivity contribution >= 4 is 17.7 Å². The molecule has 0 aromatic heterocycles. The highest BCUT2D eigenvalue weighted by atomic mass is 16.5. The third-order valence-corrected chi connectivity index (χ3v) is 7.45. The number of ether oxygens (including phenoxy) is 1. The van der Waals surface area contributed by atoms with E-state index in [0.29, 0.717) is 62.5 Å². The number of amides is 3. The van der Waals surface area contributed by atoms with Crippen molar-refractivity contribution in [3.63, 3.8) is 0 Å². The molecule has 3 aliphatic heterocycles. The van der Waals surface area contributed by atoms with Crippen LogP contribution in [-0.4, -0.2) is 67.4 Å². The number of rotatable bonds is 2. The van der Waals surface area contributed by atoms with Crippen LogP contribution in [0.15, 0.2) is 48.5 Å². The number of benzene rings is 2. The molecular weight excluding hydrogens is 442 g/mol. The summed E-state index contributed by atoms with van der Waals surface area (Å²) < 4.78 is 6.06. The van der Waals surface area contributed by atoms with E-state index < -0.39 is 5.41 Å². The van der Waals surface area contributed by atoms with Crippen molar-refractivity contribution in [2.45, 2.75) is 39.0 Å². The number of para-hydroxylation sites is 1. The number of nitrogens with one attached hydrogen (secondary N) is 1. The van der Waals surface area contributed by atoms with Crippen LogP contribution in [0, 0.1) is 12.3 Å². The van der Waals surface area contributed by atoms with Gasteiger partial charge < -0.3 is 19.9 Å². The molecule has 3 heterocycles. The van der Waals surface area contributed by atoms with Gasteiger partial charge in [-0.3, -0.25) is 14.4 Å². The lowest BCUT2D eigenvalue weighted by atomic mass is 9.73. The minimum Gasteiger partial charge on any atom is -0.491 e. The topological polar surface area (TPSA) is 79.0 Å². The second kappa shape index (κ2) is 10.9. The lowest BCUT2D eigenvalue weighted by molar-refractivity contribution is -0.133. The van der Waals surface area contributed by atoms with Gasteiger partial charge in [0.2, 0.25) is 5.91 Å². The number of piperidine rings is 1. The van der Waals surface area contributed by atoms with Crippen LogP contribution >= 0.6 is 0 Å². The Bertz CT molecular complexity index is 1080. The summed E-state index contributed by atoms with van der Waals surface area (Å²) in [6, 6.07) is 14.9. The molecule has 3 amide bonds. The summed E-state index contributed by atoms with van der Waals surface area (Å²) >= 11 is 0. The molecule has 2 bridgehead atoms. The molecular formula is C28H35N3O4. The summed E-state index contributed by atoms with van der Waals surface area (Å²) in [6.45, 7) is 4.33. The van der Waals surface area contributed by atoms with E-state index in [1.807, 2.05) is 53.1 Å². The zero-order valence-electron chi connectivity index (χ0n) is 20.7. The SMILES string of the molecule is CNC(=O)C12CCCCN(C(=O)c3ccccc3C)CCOc3ccccc3C(=O)N(CC1)CC2. The smallest absolute Gasteiger partial charge is 0.257 e. The number of fused-ring (bicyclic) bond motifs is 9. The maximum atomic E-state index is 13.4. The zero-order chi connectivity index (χ0) is 24.8. The van der Waals surface area contributed by atoms with E-state index in [2.05, 4.69) is 5.32 Å².